The summed E-state index contributed by atoms with van der Waals surface area (Å²) in [7, 11) is 0. The summed E-state index contributed by atoms with van der Waals surface area (Å²) < 4.78 is 14.9. The Morgan fingerprint density at radius 2 is 1.96 bits per heavy atom. The Bertz CT molecular complexity index is 1030. The predicted molar refractivity (Wildman–Crippen MR) is 109 cm³/mol. The first kappa shape index (κ1) is 18.6. The topological polar surface area (TPSA) is 59.8 Å². The molecule has 0 unspecified atom stereocenters. The van der Waals surface area contributed by atoms with Crippen molar-refractivity contribution < 1.29 is 9.18 Å². The second-order valence-corrected chi connectivity index (χ2v) is 7.97. The predicted octanol–water partition coefficient (Wildman–Crippen LogP) is 4.62. The monoisotopic (exact) mass is 396 g/mol. The molecule has 1 amide bonds. The molecule has 0 saturated heterocycles. The lowest BCUT2D eigenvalue weighted by Crippen LogP contribution is -2.07. The van der Waals surface area contributed by atoms with E-state index in [1.807, 2.05) is 13.8 Å². The van der Waals surface area contributed by atoms with E-state index in [1.165, 1.54) is 35.9 Å². The van der Waals surface area contributed by atoms with Crippen LogP contribution in [0.1, 0.15) is 40.4 Å². The molecule has 2 aromatic heterocycles. The molecule has 144 valence electrons. The molecule has 5 nitrogen and oxygen atoms in total. The number of halogens is 1. The molecular weight excluding hydrogens is 375 g/mol. The first-order valence-electron chi connectivity index (χ1n) is 9.31. The number of nitrogens with zero attached hydrogens (tertiary/aromatic N) is 3. The van der Waals surface area contributed by atoms with E-state index in [4.69, 9.17) is 0 Å². The SMILES string of the molecule is Cc1nn(-c2ccc(F)cc2)c(C)c1C=CC(=O)Nc1nc2c(s1)CCCC2. The van der Waals surface area contributed by atoms with Gasteiger partial charge in [-0.2, -0.15) is 5.10 Å². The summed E-state index contributed by atoms with van der Waals surface area (Å²) in [5.41, 5.74) is 4.47. The number of nitrogens with one attached hydrogen (secondary N) is 1. The highest BCUT2D eigenvalue weighted by molar-refractivity contribution is 7.15. The van der Waals surface area contributed by atoms with Gasteiger partial charge in [0.2, 0.25) is 5.91 Å². The molecule has 1 N–H and O–H groups in total. The average Bonchev–Trinajstić information content (AvgIpc) is 3.21. The lowest BCUT2D eigenvalue weighted by Gasteiger charge is -2.06. The van der Waals surface area contributed by atoms with E-state index in [9.17, 15) is 9.18 Å². The average molecular weight is 396 g/mol. The Balaban J connectivity index is 1.50. The standard InChI is InChI=1S/C21H21FN4OS/c1-13-17(14(2)26(25-13)16-9-7-15(22)8-10-16)11-12-20(27)24-21-23-18-5-3-4-6-19(18)28-21/h7-12H,3-6H2,1-2H3,(H,23,24,27). The van der Waals surface area contributed by atoms with Gasteiger partial charge in [-0.05, 0) is 69.9 Å². The number of carbonyl (C=O) groups is 1. The van der Waals surface area contributed by atoms with Gasteiger partial charge in [-0.15, -0.1) is 11.3 Å². The van der Waals surface area contributed by atoms with Gasteiger partial charge in [0.1, 0.15) is 5.82 Å². The van der Waals surface area contributed by atoms with Gasteiger partial charge in [-0.25, -0.2) is 14.1 Å². The highest BCUT2D eigenvalue weighted by Gasteiger charge is 2.16. The highest BCUT2D eigenvalue weighted by atomic mass is 32.1. The van der Waals surface area contributed by atoms with Crippen LogP contribution in [0.15, 0.2) is 30.3 Å². The zero-order chi connectivity index (χ0) is 19.7. The zero-order valence-corrected chi connectivity index (χ0v) is 16.6. The molecule has 0 radical (unpaired) electrons. The van der Waals surface area contributed by atoms with Gasteiger partial charge in [0.25, 0.3) is 0 Å². The number of fused-ring (bicyclic) bond motifs is 1. The number of amides is 1. The van der Waals surface area contributed by atoms with Crippen LogP contribution in [-0.2, 0) is 17.6 Å². The van der Waals surface area contributed by atoms with Crippen molar-refractivity contribution in [2.75, 3.05) is 5.32 Å². The van der Waals surface area contributed by atoms with Crippen molar-refractivity contribution in [2.45, 2.75) is 39.5 Å². The van der Waals surface area contributed by atoms with Crippen molar-refractivity contribution in [1.82, 2.24) is 14.8 Å². The number of rotatable bonds is 4. The summed E-state index contributed by atoms with van der Waals surface area (Å²) in [6.45, 7) is 3.81. The fourth-order valence-electron chi connectivity index (χ4n) is 3.44. The first-order valence-corrected chi connectivity index (χ1v) is 10.1. The number of thiazole rings is 1. The van der Waals surface area contributed by atoms with E-state index in [0.29, 0.717) is 5.13 Å². The molecule has 0 bridgehead atoms. The third kappa shape index (κ3) is 3.75. The number of anilines is 1. The number of carbonyl (C=O) groups excluding carboxylic acids is 1. The van der Waals surface area contributed by atoms with Crippen LogP contribution >= 0.6 is 11.3 Å². The Morgan fingerprint density at radius 1 is 1.21 bits per heavy atom. The fraction of sp³-hybridized carbons (Fsp3) is 0.286. The molecular formula is C21H21FN4OS. The van der Waals surface area contributed by atoms with Crippen LogP contribution < -0.4 is 5.32 Å². The Morgan fingerprint density at radius 3 is 2.71 bits per heavy atom. The summed E-state index contributed by atoms with van der Waals surface area (Å²) in [6, 6.07) is 6.17. The molecule has 4 rings (SSSR count). The van der Waals surface area contributed by atoms with Crippen molar-refractivity contribution in [1.29, 1.82) is 0 Å². The van der Waals surface area contributed by atoms with Crippen LogP contribution in [0.5, 0.6) is 0 Å². The third-order valence-electron chi connectivity index (χ3n) is 4.90. The van der Waals surface area contributed by atoms with E-state index >= 15 is 0 Å². The normalized spacial score (nSPS) is 13.7. The Labute approximate surface area is 166 Å². The van der Waals surface area contributed by atoms with Crippen LogP contribution in [0.4, 0.5) is 9.52 Å². The highest BCUT2D eigenvalue weighted by Crippen LogP contribution is 2.29. The number of hydrogen-bond acceptors (Lipinski definition) is 4. The van der Waals surface area contributed by atoms with Crippen molar-refractivity contribution in [3.05, 3.63) is 63.7 Å². The number of aromatic nitrogens is 3. The quantitative estimate of drug-likeness (QED) is 0.655. The number of aryl methyl sites for hydroxylation is 3. The third-order valence-corrected chi connectivity index (χ3v) is 5.97. The van der Waals surface area contributed by atoms with Gasteiger partial charge >= 0.3 is 0 Å². The van der Waals surface area contributed by atoms with Gasteiger partial charge in [0.15, 0.2) is 5.13 Å². The van der Waals surface area contributed by atoms with Crippen molar-refractivity contribution in [3.63, 3.8) is 0 Å². The van der Waals surface area contributed by atoms with E-state index in [2.05, 4.69) is 15.4 Å². The maximum atomic E-state index is 13.2. The number of hydrogen-bond donors (Lipinski definition) is 1. The first-order chi connectivity index (χ1) is 13.5. The molecule has 1 aliphatic carbocycles. The summed E-state index contributed by atoms with van der Waals surface area (Å²) in [5.74, 6) is -0.495. The van der Waals surface area contributed by atoms with Crippen LogP contribution in [0.2, 0.25) is 0 Å². The Hall–Kier alpha value is -2.80. The van der Waals surface area contributed by atoms with Crippen LogP contribution in [0.3, 0.4) is 0 Å². The number of benzene rings is 1. The fourth-order valence-corrected chi connectivity index (χ4v) is 4.49. The molecule has 0 atom stereocenters. The molecule has 0 fully saturated rings. The summed E-state index contributed by atoms with van der Waals surface area (Å²) in [6.07, 6.45) is 7.69. The van der Waals surface area contributed by atoms with Gasteiger partial charge in [0.05, 0.1) is 17.1 Å². The lowest BCUT2D eigenvalue weighted by atomic mass is 10.0. The van der Waals surface area contributed by atoms with E-state index < -0.39 is 0 Å². The minimum atomic E-state index is -0.286. The van der Waals surface area contributed by atoms with Crippen LogP contribution in [-0.4, -0.2) is 20.7 Å². The molecule has 1 aromatic carbocycles. The van der Waals surface area contributed by atoms with Crippen molar-refractivity contribution in [2.24, 2.45) is 0 Å². The maximum Gasteiger partial charge on any atom is 0.250 e. The van der Waals surface area contributed by atoms with Crippen molar-refractivity contribution >= 4 is 28.5 Å². The summed E-state index contributed by atoms with van der Waals surface area (Å²) in [5, 5.41) is 8.05. The van der Waals surface area contributed by atoms with Gasteiger partial charge in [0, 0.05) is 22.2 Å². The molecule has 3 aromatic rings. The van der Waals surface area contributed by atoms with Crippen molar-refractivity contribution in [3.8, 4) is 5.69 Å². The molecule has 7 heteroatoms. The molecule has 1 aliphatic rings. The second kappa shape index (κ2) is 7.67. The van der Waals surface area contributed by atoms with Gasteiger partial charge in [-0.1, -0.05) is 0 Å². The molecule has 0 aliphatic heterocycles. The van der Waals surface area contributed by atoms with Crippen LogP contribution in [0.25, 0.3) is 11.8 Å². The van der Waals surface area contributed by atoms with E-state index in [1.54, 1.807) is 34.2 Å². The summed E-state index contributed by atoms with van der Waals surface area (Å²) >= 11 is 1.57. The molecule has 0 spiro atoms. The molecule has 28 heavy (non-hydrogen) atoms. The van der Waals surface area contributed by atoms with Gasteiger partial charge in [-0.3, -0.25) is 10.1 Å². The summed E-state index contributed by atoms with van der Waals surface area (Å²) in [4.78, 5) is 18.2. The van der Waals surface area contributed by atoms with E-state index in [-0.39, 0.29) is 11.7 Å². The van der Waals surface area contributed by atoms with Gasteiger partial charge < -0.3 is 0 Å². The van der Waals surface area contributed by atoms with Crippen LogP contribution in [0, 0.1) is 19.7 Å². The minimum Gasteiger partial charge on any atom is -0.298 e. The molecule has 2 heterocycles. The minimum absolute atomic E-state index is 0.209. The lowest BCUT2D eigenvalue weighted by molar-refractivity contribution is -0.111. The zero-order valence-electron chi connectivity index (χ0n) is 15.8. The Kier molecular flexibility index (Phi) is 5.09. The maximum absolute atomic E-state index is 13.2. The molecule has 0 saturated carbocycles. The smallest absolute Gasteiger partial charge is 0.250 e. The second-order valence-electron chi connectivity index (χ2n) is 6.89. The largest absolute Gasteiger partial charge is 0.298 e. The van der Waals surface area contributed by atoms with E-state index in [0.717, 1.165) is 41.2 Å².